The summed E-state index contributed by atoms with van der Waals surface area (Å²) in [4.78, 5) is 4.32. The maximum atomic E-state index is 5.78. The second kappa shape index (κ2) is 9.30. The molecule has 7 aromatic rings. The Bertz CT molecular complexity index is 2080. The van der Waals surface area contributed by atoms with Gasteiger partial charge in [-0.2, -0.15) is 0 Å². The summed E-state index contributed by atoms with van der Waals surface area (Å²) in [5, 5.41) is 7.35. The van der Waals surface area contributed by atoms with Crippen LogP contribution in [0.15, 0.2) is 134 Å². The maximum Gasteiger partial charge on any atom is 0.0619 e. The van der Waals surface area contributed by atoms with Crippen LogP contribution >= 0.6 is 0 Å². The van der Waals surface area contributed by atoms with E-state index < -0.39 is 0 Å². The van der Waals surface area contributed by atoms with E-state index in [1.165, 1.54) is 43.4 Å². The van der Waals surface area contributed by atoms with Crippen molar-refractivity contribution in [2.45, 2.75) is 6.92 Å². The van der Waals surface area contributed by atoms with Gasteiger partial charge in [-0.15, -0.1) is 0 Å². The number of nitrogens with zero attached hydrogens (tertiary/aromatic N) is 2. The molecule has 0 aliphatic heterocycles. The summed E-state index contributed by atoms with van der Waals surface area (Å²) < 4.78 is 2.42. The zero-order chi connectivity index (χ0) is 26.3. The molecule has 186 valence electrons. The fraction of sp³-hybridized carbons (Fsp3) is 0.0278. The first-order valence-electron chi connectivity index (χ1n) is 13.2. The summed E-state index contributed by atoms with van der Waals surface area (Å²) in [6.45, 7) is 2.05. The second-order valence-electron chi connectivity index (χ2n) is 9.84. The van der Waals surface area contributed by atoms with Crippen LogP contribution in [0.4, 0.5) is 0 Å². The lowest BCUT2D eigenvalue weighted by Gasteiger charge is -2.12. The summed E-state index contributed by atoms with van der Waals surface area (Å²) in [5.74, 6) is 0. The topological polar surface area (TPSA) is 43.8 Å². The molecule has 3 heteroatoms. The maximum absolute atomic E-state index is 5.78. The first-order valence-corrected chi connectivity index (χ1v) is 13.2. The molecule has 0 atom stereocenters. The molecule has 0 aliphatic rings. The Morgan fingerprint density at radius 3 is 2.36 bits per heavy atom. The number of nitrogens with two attached hydrogens (primary N) is 1. The molecule has 3 nitrogen and oxygen atoms in total. The number of hydrogen-bond acceptors (Lipinski definition) is 2. The number of fused-ring (bicyclic) bond motifs is 6. The van der Waals surface area contributed by atoms with Gasteiger partial charge in [0.2, 0.25) is 0 Å². The molecule has 5 aromatic carbocycles. The van der Waals surface area contributed by atoms with Gasteiger partial charge in [-0.3, -0.25) is 4.98 Å². The lowest BCUT2D eigenvalue weighted by molar-refractivity contribution is 1.19. The molecule has 0 unspecified atom stereocenters. The third kappa shape index (κ3) is 3.79. The number of benzene rings is 5. The van der Waals surface area contributed by atoms with Crippen LogP contribution in [0.25, 0.3) is 65.7 Å². The van der Waals surface area contributed by atoms with Gasteiger partial charge < -0.3 is 10.3 Å². The Labute approximate surface area is 227 Å². The highest BCUT2D eigenvalue weighted by Crippen LogP contribution is 2.39. The second-order valence-corrected chi connectivity index (χ2v) is 9.84. The van der Waals surface area contributed by atoms with E-state index in [1.54, 1.807) is 6.20 Å². The Morgan fingerprint density at radius 2 is 1.54 bits per heavy atom. The van der Waals surface area contributed by atoms with E-state index in [0.29, 0.717) is 0 Å². The third-order valence-electron chi connectivity index (χ3n) is 7.65. The lowest BCUT2D eigenvalue weighted by Crippen LogP contribution is -1.95. The minimum Gasteiger partial charge on any atom is -0.405 e. The Morgan fingerprint density at radius 1 is 0.718 bits per heavy atom. The van der Waals surface area contributed by atoms with Crippen molar-refractivity contribution in [1.29, 1.82) is 0 Å². The standard InChI is InChI=1S/C36H27N3/c1-2-24(17-18-37)28-11-15-33-34-16-12-29-20-27(30-8-5-19-38-23-30)10-14-32(29)36(34)39(35(33)22-28)31-13-9-25-6-3-4-7-26(25)21-31/h2-23H,37H2,1H3. The molecule has 2 heterocycles. The van der Waals surface area contributed by atoms with Gasteiger partial charge in [0.15, 0.2) is 0 Å². The minimum absolute atomic E-state index is 1.10. The quantitative estimate of drug-likeness (QED) is 0.245. The van der Waals surface area contributed by atoms with Crippen molar-refractivity contribution in [3.8, 4) is 16.8 Å². The highest BCUT2D eigenvalue weighted by Gasteiger charge is 2.17. The van der Waals surface area contributed by atoms with Crippen molar-refractivity contribution >= 4 is 48.9 Å². The van der Waals surface area contributed by atoms with E-state index in [1.807, 2.05) is 31.5 Å². The zero-order valence-electron chi connectivity index (χ0n) is 21.7. The van der Waals surface area contributed by atoms with E-state index >= 15 is 0 Å². The monoisotopic (exact) mass is 501 g/mol. The minimum atomic E-state index is 1.10. The molecule has 39 heavy (non-hydrogen) atoms. The first kappa shape index (κ1) is 23.0. The van der Waals surface area contributed by atoms with Gasteiger partial charge >= 0.3 is 0 Å². The third-order valence-corrected chi connectivity index (χ3v) is 7.65. The van der Waals surface area contributed by atoms with Crippen molar-refractivity contribution in [2.24, 2.45) is 5.73 Å². The van der Waals surface area contributed by atoms with Crippen LogP contribution in [-0.4, -0.2) is 9.55 Å². The summed E-state index contributed by atoms with van der Waals surface area (Å²) in [5.41, 5.74) is 13.8. The Balaban J connectivity index is 1.58. The molecule has 0 fully saturated rings. The number of hydrogen-bond donors (Lipinski definition) is 1. The molecular weight excluding hydrogens is 474 g/mol. The van der Waals surface area contributed by atoms with Crippen molar-refractivity contribution in [3.05, 3.63) is 139 Å². The van der Waals surface area contributed by atoms with E-state index in [9.17, 15) is 0 Å². The molecular formula is C36H27N3. The van der Waals surface area contributed by atoms with Crippen molar-refractivity contribution in [3.63, 3.8) is 0 Å². The zero-order valence-corrected chi connectivity index (χ0v) is 21.7. The highest BCUT2D eigenvalue weighted by atomic mass is 15.0. The predicted octanol–water partition coefficient (Wildman–Crippen LogP) is 9.03. The molecule has 0 radical (unpaired) electrons. The van der Waals surface area contributed by atoms with Gasteiger partial charge in [0.05, 0.1) is 11.0 Å². The van der Waals surface area contributed by atoms with Gasteiger partial charge in [-0.25, -0.2) is 0 Å². The number of aromatic nitrogens is 2. The summed E-state index contributed by atoms with van der Waals surface area (Å²) in [6.07, 6.45) is 9.39. The molecule has 7 rings (SSSR count). The van der Waals surface area contributed by atoms with Gasteiger partial charge in [-0.05, 0) is 82.4 Å². The molecule has 0 amide bonds. The summed E-state index contributed by atoms with van der Waals surface area (Å²) >= 11 is 0. The fourth-order valence-corrected chi connectivity index (χ4v) is 5.78. The molecule has 0 aliphatic carbocycles. The first-order chi connectivity index (χ1) is 19.2. The SMILES string of the molecule is CC=C(C=CN)c1ccc2c3ccc4cc(-c5cccnc5)ccc4c3n(-c3ccc4ccccc4c3)c2c1. The predicted molar refractivity (Wildman–Crippen MR) is 166 cm³/mol. The normalized spacial score (nSPS) is 12.4. The largest absolute Gasteiger partial charge is 0.405 e. The molecule has 0 bridgehead atoms. The summed E-state index contributed by atoms with van der Waals surface area (Å²) in [7, 11) is 0. The highest BCUT2D eigenvalue weighted by molar-refractivity contribution is 6.19. The molecule has 0 saturated carbocycles. The molecule has 0 saturated heterocycles. The van der Waals surface area contributed by atoms with Crippen molar-refractivity contribution in [2.75, 3.05) is 0 Å². The Hall–Kier alpha value is -5.15. The van der Waals surface area contributed by atoms with E-state index in [2.05, 4.69) is 113 Å². The van der Waals surface area contributed by atoms with Crippen LogP contribution in [-0.2, 0) is 0 Å². The number of allylic oxidation sites excluding steroid dienone is 3. The van der Waals surface area contributed by atoms with Gasteiger partial charge in [0.1, 0.15) is 0 Å². The van der Waals surface area contributed by atoms with Crippen LogP contribution in [0.5, 0.6) is 0 Å². The van der Waals surface area contributed by atoms with E-state index in [0.717, 1.165) is 28.0 Å². The lowest BCUT2D eigenvalue weighted by atomic mass is 9.99. The van der Waals surface area contributed by atoms with Crippen molar-refractivity contribution < 1.29 is 0 Å². The smallest absolute Gasteiger partial charge is 0.0619 e. The number of pyridine rings is 1. The van der Waals surface area contributed by atoms with Crippen LogP contribution in [0.1, 0.15) is 12.5 Å². The van der Waals surface area contributed by atoms with Gasteiger partial charge in [0.25, 0.3) is 0 Å². The number of rotatable bonds is 4. The van der Waals surface area contributed by atoms with Crippen LogP contribution in [0.3, 0.4) is 0 Å². The van der Waals surface area contributed by atoms with Gasteiger partial charge in [0, 0.05) is 39.8 Å². The van der Waals surface area contributed by atoms with Gasteiger partial charge in [-0.1, -0.05) is 78.9 Å². The van der Waals surface area contributed by atoms with Crippen LogP contribution < -0.4 is 5.73 Å². The van der Waals surface area contributed by atoms with Crippen LogP contribution in [0, 0.1) is 0 Å². The average molecular weight is 502 g/mol. The van der Waals surface area contributed by atoms with Crippen LogP contribution in [0.2, 0.25) is 0 Å². The van der Waals surface area contributed by atoms with E-state index in [4.69, 9.17) is 5.73 Å². The fourth-order valence-electron chi connectivity index (χ4n) is 5.78. The molecule has 0 spiro atoms. The summed E-state index contributed by atoms with van der Waals surface area (Å²) in [6, 6.07) is 37.3. The molecule has 2 N–H and O–H groups in total. The Kier molecular flexibility index (Phi) is 5.49. The average Bonchev–Trinajstić information content (AvgIpc) is 3.33. The van der Waals surface area contributed by atoms with Crippen molar-refractivity contribution in [1.82, 2.24) is 9.55 Å². The molecule has 2 aromatic heterocycles. The van der Waals surface area contributed by atoms with E-state index in [-0.39, 0.29) is 0 Å².